The Bertz CT molecular complexity index is 1180. The Kier molecular flexibility index (Phi) is 6.03. The number of aryl methyl sites for hydroxylation is 3. The first-order valence-electron chi connectivity index (χ1n) is 12.1. The normalized spacial score (nSPS) is 15.6. The minimum Gasteiger partial charge on any atom is -0.450 e. The van der Waals surface area contributed by atoms with E-state index in [1.165, 1.54) is 33.4 Å². The second kappa shape index (κ2) is 9.26. The smallest absolute Gasteiger partial charge is 0.409 e. The van der Waals surface area contributed by atoms with E-state index in [9.17, 15) is 4.79 Å². The Hall–Kier alpha value is -3.34. The minimum atomic E-state index is -0.203. The van der Waals surface area contributed by atoms with Crippen molar-refractivity contribution >= 4 is 11.7 Å². The van der Waals surface area contributed by atoms with Gasteiger partial charge in [0.2, 0.25) is 0 Å². The summed E-state index contributed by atoms with van der Waals surface area (Å²) in [5.74, 6) is 0. The fourth-order valence-electron chi connectivity index (χ4n) is 5.06. The van der Waals surface area contributed by atoms with Gasteiger partial charge in [-0.15, -0.1) is 0 Å². The zero-order valence-electron chi connectivity index (χ0n) is 19.5. The van der Waals surface area contributed by atoms with Crippen LogP contribution in [0, 0.1) is 0 Å². The summed E-state index contributed by atoms with van der Waals surface area (Å²) in [4.78, 5) is 19.1. The largest absolute Gasteiger partial charge is 0.450 e. The number of piperidine rings is 1. The van der Waals surface area contributed by atoms with Crippen molar-refractivity contribution in [2.45, 2.75) is 46.0 Å². The lowest BCUT2D eigenvalue weighted by molar-refractivity contribution is 0.104. The van der Waals surface area contributed by atoms with Gasteiger partial charge >= 0.3 is 6.09 Å². The van der Waals surface area contributed by atoms with Crippen LogP contribution in [0.25, 0.3) is 11.3 Å². The molecule has 3 aromatic rings. The molecule has 3 heterocycles. The second-order valence-corrected chi connectivity index (χ2v) is 8.80. The molecule has 33 heavy (non-hydrogen) atoms. The molecule has 1 aliphatic heterocycles. The number of carbonyl (C=O) groups is 1. The van der Waals surface area contributed by atoms with Crippen molar-refractivity contribution in [3.63, 3.8) is 0 Å². The summed E-state index contributed by atoms with van der Waals surface area (Å²) in [5.41, 5.74) is 10.3. The van der Waals surface area contributed by atoms with Crippen molar-refractivity contribution in [2.24, 2.45) is 0 Å². The van der Waals surface area contributed by atoms with Gasteiger partial charge in [0.25, 0.3) is 0 Å². The predicted octanol–water partition coefficient (Wildman–Crippen LogP) is 5.59. The second-order valence-electron chi connectivity index (χ2n) is 8.80. The molecule has 5 rings (SSSR count). The molecule has 1 amide bonds. The van der Waals surface area contributed by atoms with E-state index in [1.807, 2.05) is 30.2 Å². The van der Waals surface area contributed by atoms with E-state index in [4.69, 9.17) is 9.72 Å². The van der Waals surface area contributed by atoms with Crippen LogP contribution in [0.1, 0.15) is 54.6 Å². The Balaban J connectivity index is 1.58. The number of fused-ring (bicyclic) bond motifs is 2. The zero-order chi connectivity index (χ0) is 22.8. The number of hydrogen-bond donors (Lipinski definition) is 0. The molecule has 0 spiro atoms. The Labute approximate surface area is 195 Å². The Morgan fingerprint density at radius 3 is 2.48 bits per heavy atom. The van der Waals surface area contributed by atoms with Gasteiger partial charge in [0.05, 0.1) is 24.2 Å². The summed E-state index contributed by atoms with van der Waals surface area (Å²) in [7, 11) is 0. The van der Waals surface area contributed by atoms with E-state index in [0.29, 0.717) is 19.7 Å². The highest BCUT2D eigenvalue weighted by Gasteiger charge is 2.27. The number of ether oxygens (including phenoxy) is 1. The maximum atomic E-state index is 12.2. The third kappa shape index (κ3) is 4.20. The van der Waals surface area contributed by atoms with Gasteiger partial charge in [-0.1, -0.05) is 30.7 Å². The molecule has 5 heteroatoms. The first-order valence-corrected chi connectivity index (χ1v) is 12.1. The van der Waals surface area contributed by atoms with E-state index in [0.717, 1.165) is 43.5 Å². The quantitative estimate of drug-likeness (QED) is 0.532. The summed E-state index contributed by atoms with van der Waals surface area (Å²) in [5, 5.41) is 0. The minimum absolute atomic E-state index is 0.203. The number of benzene rings is 1. The molecule has 0 saturated carbocycles. The molecule has 0 unspecified atom stereocenters. The molecular formula is C28H31N3O2. The Morgan fingerprint density at radius 1 is 1.00 bits per heavy atom. The average Bonchev–Trinajstić information content (AvgIpc) is 3.34. The van der Waals surface area contributed by atoms with E-state index in [-0.39, 0.29) is 6.09 Å². The van der Waals surface area contributed by atoms with Crippen LogP contribution in [0.15, 0.2) is 60.6 Å². The van der Waals surface area contributed by atoms with Crippen LogP contribution in [-0.4, -0.2) is 40.2 Å². The van der Waals surface area contributed by atoms with E-state index >= 15 is 0 Å². The number of hydrogen-bond acceptors (Lipinski definition) is 3. The number of rotatable bonds is 3. The average molecular weight is 442 g/mol. The molecule has 0 bridgehead atoms. The van der Waals surface area contributed by atoms with Crippen molar-refractivity contribution < 1.29 is 9.53 Å². The summed E-state index contributed by atoms with van der Waals surface area (Å²) in [6.45, 7) is 5.86. The van der Waals surface area contributed by atoms with Gasteiger partial charge in [0, 0.05) is 31.1 Å². The van der Waals surface area contributed by atoms with Crippen LogP contribution in [0.4, 0.5) is 4.79 Å². The number of carbonyl (C=O) groups excluding carboxylic acids is 1. The van der Waals surface area contributed by atoms with Crippen molar-refractivity contribution in [2.75, 3.05) is 19.7 Å². The van der Waals surface area contributed by atoms with Crippen LogP contribution in [-0.2, 0) is 24.0 Å². The van der Waals surface area contributed by atoms with Crippen LogP contribution >= 0.6 is 0 Å². The van der Waals surface area contributed by atoms with Crippen molar-refractivity contribution in [1.29, 1.82) is 0 Å². The van der Waals surface area contributed by atoms with Gasteiger partial charge in [-0.05, 0) is 79.5 Å². The van der Waals surface area contributed by atoms with Crippen LogP contribution in [0.3, 0.4) is 0 Å². The first-order chi connectivity index (χ1) is 16.2. The molecular weight excluding hydrogens is 410 g/mol. The lowest BCUT2D eigenvalue weighted by Crippen LogP contribution is -2.37. The monoisotopic (exact) mass is 441 g/mol. The fourth-order valence-corrected chi connectivity index (χ4v) is 5.06. The number of pyridine rings is 1. The fraction of sp³-hybridized carbons (Fsp3) is 0.357. The lowest BCUT2D eigenvalue weighted by atomic mass is 9.88. The molecule has 1 aliphatic carbocycles. The number of nitrogens with zero attached hydrogens (tertiary/aromatic N) is 3. The Morgan fingerprint density at radius 2 is 1.76 bits per heavy atom. The summed E-state index contributed by atoms with van der Waals surface area (Å²) >= 11 is 0. The topological polar surface area (TPSA) is 47.4 Å². The van der Waals surface area contributed by atoms with Crippen molar-refractivity contribution in [3.8, 4) is 5.69 Å². The third-order valence-corrected chi connectivity index (χ3v) is 6.85. The number of likely N-dealkylation sites (tertiary alicyclic amines) is 1. The molecule has 0 atom stereocenters. The van der Waals surface area contributed by atoms with Gasteiger partial charge in [-0.2, -0.15) is 0 Å². The summed E-state index contributed by atoms with van der Waals surface area (Å²) < 4.78 is 7.34. The highest BCUT2D eigenvalue weighted by molar-refractivity contribution is 5.85. The van der Waals surface area contributed by atoms with E-state index in [1.54, 1.807) is 0 Å². The predicted molar refractivity (Wildman–Crippen MR) is 131 cm³/mol. The van der Waals surface area contributed by atoms with Gasteiger partial charge in [0.15, 0.2) is 0 Å². The third-order valence-electron chi connectivity index (χ3n) is 6.85. The van der Waals surface area contributed by atoms with Crippen LogP contribution in [0.2, 0.25) is 0 Å². The molecule has 2 aromatic heterocycles. The summed E-state index contributed by atoms with van der Waals surface area (Å²) in [6.07, 6.45) is 10.6. The highest BCUT2D eigenvalue weighted by atomic mass is 16.6. The standard InChI is InChI=1S/C28H31N3O2/c1-3-20-7-10-25-22(17-20)8-9-23-18-24(30-13-5-6-14-30)19-29-27(23)26(25)21-11-15-31(16-12-21)28(32)33-4-2/h5-7,10,13-14,17-19H,3-4,8-9,11-12,15-16H2,1-2H3. The molecule has 1 aromatic carbocycles. The van der Waals surface area contributed by atoms with Crippen LogP contribution in [0.5, 0.6) is 0 Å². The number of aromatic nitrogens is 2. The molecule has 2 aliphatic rings. The lowest BCUT2D eigenvalue weighted by Gasteiger charge is -2.29. The van der Waals surface area contributed by atoms with Gasteiger partial charge in [0.1, 0.15) is 0 Å². The number of amides is 1. The van der Waals surface area contributed by atoms with E-state index in [2.05, 4.69) is 48.1 Å². The SMILES string of the molecule is CCOC(=O)N1CCC(=C2c3ccc(CC)cc3CCc3cc(-n4cccc4)cnc32)CC1. The van der Waals surface area contributed by atoms with Gasteiger partial charge < -0.3 is 14.2 Å². The maximum Gasteiger partial charge on any atom is 0.409 e. The van der Waals surface area contributed by atoms with Crippen LogP contribution < -0.4 is 0 Å². The van der Waals surface area contributed by atoms with Gasteiger partial charge in [-0.25, -0.2) is 4.79 Å². The zero-order valence-corrected chi connectivity index (χ0v) is 19.5. The first kappa shape index (κ1) is 21.5. The molecule has 0 radical (unpaired) electrons. The van der Waals surface area contributed by atoms with Gasteiger partial charge in [-0.3, -0.25) is 4.98 Å². The van der Waals surface area contributed by atoms with E-state index < -0.39 is 0 Å². The molecule has 1 saturated heterocycles. The highest BCUT2D eigenvalue weighted by Crippen LogP contribution is 2.38. The van der Waals surface area contributed by atoms with Crippen molar-refractivity contribution in [1.82, 2.24) is 14.5 Å². The molecule has 170 valence electrons. The maximum absolute atomic E-state index is 12.2. The molecule has 5 nitrogen and oxygen atoms in total. The summed E-state index contributed by atoms with van der Waals surface area (Å²) in [6, 6.07) is 13.3. The molecule has 0 N–H and O–H groups in total. The van der Waals surface area contributed by atoms with Crippen molar-refractivity contribution in [3.05, 3.63) is 88.5 Å². The molecule has 1 fully saturated rings.